The third-order valence-electron chi connectivity index (χ3n) is 3.11. The molecule has 0 amide bonds. The molecule has 0 spiro atoms. The fourth-order valence-corrected chi connectivity index (χ4v) is 2.63. The lowest BCUT2D eigenvalue weighted by Crippen LogP contribution is -2.16. The van der Waals surface area contributed by atoms with Gasteiger partial charge in [0, 0.05) is 11.4 Å². The van der Waals surface area contributed by atoms with Gasteiger partial charge in [-0.2, -0.15) is 11.8 Å². The van der Waals surface area contributed by atoms with Crippen molar-refractivity contribution in [2.75, 3.05) is 17.3 Å². The third-order valence-corrected chi connectivity index (χ3v) is 3.76. The zero-order valence-corrected chi connectivity index (χ0v) is 12.4. The van der Waals surface area contributed by atoms with Crippen LogP contribution in [0.1, 0.15) is 23.7 Å². The van der Waals surface area contributed by atoms with Crippen LogP contribution in [0.25, 0.3) is 10.9 Å². The number of fused-ring (bicyclic) bond motifs is 1. The number of hydrogen-bond donors (Lipinski definition) is 2. The number of anilines is 1. The highest BCUT2D eigenvalue weighted by atomic mass is 32.2. The van der Waals surface area contributed by atoms with E-state index in [9.17, 15) is 4.79 Å². The number of nitrogens with one attached hydrogen (secondary N) is 1. The summed E-state index contributed by atoms with van der Waals surface area (Å²) in [6.45, 7) is 2.12. The molecule has 0 aliphatic carbocycles. The Hall–Kier alpha value is -1.75. The fourth-order valence-electron chi connectivity index (χ4n) is 2.04. The number of pyridine rings is 1. The molecule has 0 radical (unpaired) electrons. The van der Waals surface area contributed by atoms with E-state index in [-0.39, 0.29) is 5.56 Å². The van der Waals surface area contributed by atoms with E-state index < -0.39 is 5.97 Å². The number of aromatic nitrogens is 1. The molecule has 20 heavy (non-hydrogen) atoms. The maximum absolute atomic E-state index is 11.2. The van der Waals surface area contributed by atoms with E-state index in [1.807, 2.05) is 30.0 Å². The highest BCUT2D eigenvalue weighted by molar-refractivity contribution is 7.98. The average molecular weight is 290 g/mol. The number of aromatic carboxylic acids is 1. The molecule has 4 nitrogen and oxygen atoms in total. The Balaban J connectivity index is 2.24. The highest BCUT2D eigenvalue weighted by Gasteiger charge is 2.09. The molecule has 5 heteroatoms. The zero-order chi connectivity index (χ0) is 14.5. The first-order valence-corrected chi connectivity index (χ1v) is 7.89. The van der Waals surface area contributed by atoms with E-state index in [0.717, 1.165) is 18.0 Å². The van der Waals surface area contributed by atoms with Crippen LogP contribution in [0.4, 0.5) is 5.82 Å². The summed E-state index contributed by atoms with van der Waals surface area (Å²) in [6.07, 6.45) is 3.16. The molecular weight excluding hydrogens is 272 g/mol. The minimum absolute atomic E-state index is 0.289. The molecule has 0 saturated heterocycles. The molecule has 2 rings (SSSR count). The van der Waals surface area contributed by atoms with E-state index in [0.29, 0.717) is 16.9 Å². The van der Waals surface area contributed by atoms with E-state index >= 15 is 0 Å². The van der Waals surface area contributed by atoms with Crippen molar-refractivity contribution < 1.29 is 9.90 Å². The number of carboxylic acid groups (broad SMARTS) is 1. The fraction of sp³-hybridized carbons (Fsp3) is 0.333. The van der Waals surface area contributed by atoms with E-state index in [4.69, 9.17) is 5.11 Å². The summed E-state index contributed by atoms with van der Waals surface area (Å²) in [5, 5.41) is 13.2. The minimum atomic E-state index is -0.925. The van der Waals surface area contributed by atoms with Crippen molar-refractivity contribution in [2.45, 2.75) is 19.4 Å². The molecule has 0 fully saturated rings. The van der Waals surface area contributed by atoms with Crippen LogP contribution in [0.2, 0.25) is 0 Å². The molecule has 2 N–H and O–H groups in total. The third kappa shape index (κ3) is 3.42. The largest absolute Gasteiger partial charge is 0.478 e. The Bertz CT molecular complexity index is 616. The Labute approximate surface area is 122 Å². The predicted octanol–water partition coefficient (Wildman–Crippen LogP) is 3.49. The van der Waals surface area contributed by atoms with Crippen LogP contribution in [-0.2, 0) is 0 Å². The van der Waals surface area contributed by atoms with Crippen molar-refractivity contribution in [3.05, 3.63) is 35.9 Å². The molecule has 0 saturated carbocycles. The van der Waals surface area contributed by atoms with Gasteiger partial charge in [-0.15, -0.1) is 0 Å². The van der Waals surface area contributed by atoms with Crippen LogP contribution in [-0.4, -0.2) is 34.1 Å². The van der Waals surface area contributed by atoms with Gasteiger partial charge >= 0.3 is 5.97 Å². The zero-order valence-electron chi connectivity index (χ0n) is 11.6. The van der Waals surface area contributed by atoms with Gasteiger partial charge in [0.25, 0.3) is 0 Å². The van der Waals surface area contributed by atoms with Gasteiger partial charge in [-0.25, -0.2) is 9.78 Å². The molecular formula is C15H18N2O2S. The van der Waals surface area contributed by atoms with Crippen LogP contribution in [0.5, 0.6) is 0 Å². The van der Waals surface area contributed by atoms with Gasteiger partial charge in [-0.1, -0.05) is 6.07 Å². The maximum Gasteiger partial charge on any atom is 0.336 e. The molecule has 1 aromatic heterocycles. The molecule has 106 valence electrons. The van der Waals surface area contributed by atoms with Crippen molar-refractivity contribution in [3.8, 4) is 0 Å². The summed E-state index contributed by atoms with van der Waals surface area (Å²) in [5.74, 6) is 0.963. The number of hydrogen-bond acceptors (Lipinski definition) is 4. The number of benzene rings is 1. The Morgan fingerprint density at radius 3 is 2.90 bits per heavy atom. The summed E-state index contributed by atoms with van der Waals surface area (Å²) < 4.78 is 0. The van der Waals surface area contributed by atoms with Crippen molar-refractivity contribution in [1.29, 1.82) is 0 Å². The lowest BCUT2D eigenvalue weighted by atomic mass is 10.1. The van der Waals surface area contributed by atoms with Crippen LogP contribution in [0, 0.1) is 0 Å². The quantitative estimate of drug-likeness (QED) is 0.852. The van der Waals surface area contributed by atoms with Crippen LogP contribution in [0.3, 0.4) is 0 Å². The molecule has 0 aliphatic rings. The summed E-state index contributed by atoms with van der Waals surface area (Å²) in [5.41, 5.74) is 0.990. The Morgan fingerprint density at radius 1 is 1.40 bits per heavy atom. The first kappa shape index (κ1) is 14.7. The van der Waals surface area contributed by atoms with Gasteiger partial charge in [0.2, 0.25) is 0 Å². The lowest BCUT2D eigenvalue weighted by Gasteiger charge is -2.14. The van der Waals surface area contributed by atoms with Gasteiger partial charge in [0.15, 0.2) is 0 Å². The van der Waals surface area contributed by atoms with Crippen LogP contribution in [0.15, 0.2) is 30.3 Å². The standard InChI is InChI=1S/C15H18N2O2S/c1-10(8-9-20-2)16-14-7-6-11-12(15(18)19)4-3-5-13(11)17-14/h3-7,10H,8-9H2,1-2H3,(H,16,17)(H,18,19). The SMILES string of the molecule is CSCCC(C)Nc1ccc2c(C(=O)O)cccc2n1. The monoisotopic (exact) mass is 290 g/mol. The Kier molecular flexibility index (Phi) is 4.84. The van der Waals surface area contributed by atoms with Crippen molar-refractivity contribution >= 4 is 34.5 Å². The molecule has 0 bridgehead atoms. The topological polar surface area (TPSA) is 62.2 Å². The average Bonchev–Trinajstić information content (AvgIpc) is 2.44. The maximum atomic E-state index is 11.2. The van der Waals surface area contributed by atoms with Crippen molar-refractivity contribution in [2.24, 2.45) is 0 Å². The molecule has 1 unspecified atom stereocenters. The summed E-state index contributed by atoms with van der Waals surface area (Å²) in [6, 6.07) is 9.15. The second-order valence-electron chi connectivity index (χ2n) is 4.70. The van der Waals surface area contributed by atoms with E-state index in [1.54, 1.807) is 12.1 Å². The molecule has 2 aromatic rings. The second-order valence-corrected chi connectivity index (χ2v) is 5.69. The van der Waals surface area contributed by atoms with Crippen LogP contribution >= 0.6 is 11.8 Å². The first-order chi connectivity index (χ1) is 9.61. The number of thioether (sulfide) groups is 1. The Morgan fingerprint density at radius 2 is 2.20 bits per heavy atom. The molecule has 1 atom stereocenters. The number of carbonyl (C=O) groups is 1. The molecule has 0 aliphatic heterocycles. The lowest BCUT2D eigenvalue weighted by molar-refractivity contribution is 0.0699. The van der Waals surface area contributed by atoms with E-state index in [2.05, 4.69) is 23.5 Å². The molecule has 1 heterocycles. The summed E-state index contributed by atoms with van der Waals surface area (Å²) in [7, 11) is 0. The molecule has 1 aromatic carbocycles. The smallest absolute Gasteiger partial charge is 0.336 e. The van der Waals surface area contributed by atoms with Gasteiger partial charge in [0.1, 0.15) is 5.82 Å². The predicted molar refractivity (Wildman–Crippen MR) is 84.8 cm³/mol. The van der Waals surface area contributed by atoms with Gasteiger partial charge in [0.05, 0.1) is 11.1 Å². The normalized spacial score (nSPS) is 12.3. The second kappa shape index (κ2) is 6.61. The van der Waals surface area contributed by atoms with Crippen LogP contribution < -0.4 is 5.32 Å². The number of nitrogens with zero attached hydrogens (tertiary/aromatic N) is 1. The number of carboxylic acids is 1. The summed E-state index contributed by atoms with van der Waals surface area (Å²) >= 11 is 1.82. The van der Waals surface area contributed by atoms with Gasteiger partial charge in [-0.05, 0) is 49.6 Å². The van der Waals surface area contributed by atoms with Crippen molar-refractivity contribution in [3.63, 3.8) is 0 Å². The van der Waals surface area contributed by atoms with Gasteiger partial charge in [-0.3, -0.25) is 0 Å². The summed E-state index contributed by atoms with van der Waals surface area (Å²) in [4.78, 5) is 15.6. The van der Waals surface area contributed by atoms with Crippen molar-refractivity contribution in [1.82, 2.24) is 4.98 Å². The van der Waals surface area contributed by atoms with Gasteiger partial charge < -0.3 is 10.4 Å². The number of rotatable bonds is 6. The minimum Gasteiger partial charge on any atom is -0.478 e. The van der Waals surface area contributed by atoms with E-state index in [1.165, 1.54) is 0 Å². The first-order valence-electron chi connectivity index (χ1n) is 6.50. The highest BCUT2D eigenvalue weighted by Crippen LogP contribution is 2.20.